The van der Waals surface area contributed by atoms with E-state index in [2.05, 4.69) is 19.2 Å². The molecule has 0 aliphatic rings. The van der Waals surface area contributed by atoms with Crippen molar-refractivity contribution in [1.29, 1.82) is 0 Å². The van der Waals surface area contributed by atoms with E-state index in [1.54, 1.807) is 0 Å². The first-order chi connectivity index (χ1) is 9.97. The lowest BCUT2D eigenvalue weighted by Gasteiger charge is -2.10. The minimum atomic E-state index is 0.0733. The van der Waals surface area contributed by atoms with Gasteiger partial charge in [0.25, 0.3) is 0 Å². The highest BCUT2D eigenvalue weighted by Crippen LogP contribution is 2.13. The van der Waals surface area contributed by atoms with Crippen LogP contribution in [0.2, 0.25) is 0 Å². The number of carbonyl (C=O) groups excluding carboxylic acids is 1. The maximum Gasteiger partial charge on any atom is 0.220 e. The quantitative estimate of drug-likeness (QED) is 0.735. The Hall–Kier alpha value is -1.55. The predicted octanol–water partition coefficient (Wildman–Crippen LogP) is 2.51. The Kier molecular flexibility index (Phi) is 7.83. The number of carbonyl (C=O) groups is 1. The van der Waals surface area contributed by atoms with Gasteiger partial charge in [-0.15, -0.1) is 0 Å². The maximum atomic E-state index is 11.6. The molecule has 1 aromatic rings. The van der Waals surface area contributed by atoms with E-state index in [9.17, 15) is 4.79 Å². The summed E-state index contributed by atoms with van der Waals surface area (Å²) in [5, 5.41) is 2.92. The molecule has 0 bridgehead atoms. The zero-order chi connectivity index (χ0) is 15.7. The standard InChI is InChI=1S/C17H28N2O2/c1-13(2)12-21-16-7-5-15(6-8-16)10-11-19-17(20)9-4-14(3)18/h5-8,13-14H,4,9-12,18H2,1-3H3,(H,19,20). The van der Waals surface area contributed by atoms with Crippen molar-refractivity contribution >= 4 is 5.91 Å². The van der Waals surface area contributed by atoms with E-state index >= 15 is 0 Å². The van der Waals surface area contributed by atoms with E-state index < -0.39 is 0 Å². The van der Waals surface area contributed by atoms with Crippen molar-refractivity contribution in [2.45, 2.75) is 46.1 Å². The van der Waals surface area contributed by atoms with E-state index in [4.69, 9.17) is 10.5 Å². The van der Waals surface area contributed by atoms with Crippen LogP contribution in [0.5, 0.6) is 5.75 Å². The molecule has 1 amide bonds. The second-order valence-electron chi connectivity index (χ2n) is 5.96. The van der Waals surface area contributed by atoms with Gasteiger partial charge in [-0.25, -0.2) is 0 Å². The van der Waals surface area contributed by atoms with Crippen LogP contribution in [0.4, 0.5) is 0 Å². The summed E-state index contributed by atoms with van der Waals surface area (Å²) >= 11 is 0. The maximum absolute atomic E-state index is 11.6. The summed E-state index contributed by atoms with van der Waals surface area (Å²) in [5.74, 6) is 1.49. The summed E-state index contributed by atoms with van der Waals surface area (Å²) in [6, 6.07) is 8.13. The van der Waals surface area contributed by atoms with Crippen molar-refractivity contribution in [2.24, 2.45) is 11.7 Å². The molecule has 1 unspecified atom stereocenters. The highest BCUT2D eigenvalue weighted by atomic mass is 16.5. The van der Waals surface area contributed by atoms with Gasteiger partial charge >= 0.3 is 0 Å². The van der Waals surface area contributed by atoms with Gasteiger partial charge in [-0.3, -0.25) is 4.79 Å². The van der Waals surface area contributed by atoms with Crippen LogP contribution in [-0.4, -0.2) is 25.1 Å². The molecular weight excluding hydrogens is 264 g/mol. The van der Waals surface area contributed by atoms with Crippen molar-refractivity contribution in [3.63, 3.8) is 0 Å². The predicted molar refractivity (Wildman–Crippen MR) is 86.4 cm³/mol. The first-order valence-electron chi connectivity index (χ1n) is 7.71. The SMILES string of the molecule is CC(C)COc1ccc(CCNC(=O)CCC(C)N)cc1. The van der Waals surface area contributed by atoms with Gasteiger partial charge in [0.1, 0.15) is 5.75 Å². The summed E-state index contributed by atoms with van der Waals surface area (Å²) in [4.78, 5) is 11.6. The van der Waals surface area contributed by atoms with Crippen LogP contribution in [0.15, 0.2) is 24.3 Å². The molecule has 1 atom stereocenters. The van der Waals surface area contributed by atoms with E-state index in [0.717, 1.165) is 25.2 Å². The number of nitrogens with one attached hydrogen (secondary N) is 1. The molecule has 0 aliphatic carbocycles. The number of hydrogen-bond donors (Lipinski definition) is 2. The number of amides is 1. The fraction of sp³-hybridized carbons (Fsp3) is 0.588. The molecule has 21 heavy (non-hydrogen) atoms. The molecule has 1 rings (SSSR count). The lowest BCUT2D eigenvalue weighted by molar-refractivity contribution is -0.121. The van der Waals surface area contributed by atoms with Crippen LogP contribution < -0.4 is 15.8 Å². The smallest absolute Gasteiger partial charge is 0.220 e. The van der Waals surface area contributed by atoms with Crippen LogP contribution >= 0.6 is 0 Å². The van der Waals surface area contributed by atoms with Crippen LogP contribution in [0.3, 0.4) is 0 Å². The van der Waals surface area contributed by atoms with Crippen LogP contribution in [0, 0.1) is 5.92 Å². The number of rotatable bonds is 9. The van der Waals surface area contributed by atoms with E-state index in [1.807, 2.05) is 31.2 Å². The highest BCUT2D eigenvalue weighted by Gasteiger charge is 2.03. The molecule has 4 heteroatoms. The molecule has 118 valence electrons. The Labute approximate surface area is 128 Å². The van der Waals surface area contributed by atoms with Crippen LogP contribution in [-0.2, 0) is 11.2 Å². The second-order valence-corrected chi connectivity index (χ2v) is 5.96. The fourth-order valence-corrected chi connectivity index (χ4v) is 1.81. The molecule has 0 radical (unpaired) electrons. The lowest BCUT2D eigenvalue weighted by atomic mass is 10.1. The summed E-state index contributed by atoms with van der Waals surface area (Å²) in [7, 11) is 0. The summed E-state index contributed by atoms with van der Waals surface area (Å²) in [5.41, 5.74) is 6.82. The third-order valence-electron chi connectivity index (χ3n) is 3.07. The minimum Gasteiger partial charge on any atom is -0.493 e. The number of hydrogen-bond acceptors (Lipinski definition) is 3. The topological polar surface area (TPSA) is 64.3 Å². The average Bonchev–Trinajstić information content (AvgIpc) is 2.44. The monoisotopic (exact) mass is 292 g/mol. The summed E-state index contributed by atoms with van der Waals surface area (Å²) in [6.45, 7) is 7.56. The molecule has 0 saturated carbocycles. The minimum absolute atomic E-state index is 0.0733. The summed E-state index contributed by atoms with van der Waals surface area (Å²) in [6.07, 6.45) is 2.06. The van der Waals surface area contributed by atoms with Gasteiger partial charge in [0, 0.05) is 19.0 Å². The summed E-state index contributed by atoms with van der Waals surface area (Å²) < 4.78 is 5.64. The van der Waals surface area contributed by atoms with E-state index in [-0.39, 0.29) is 11.9 Å². The Morgan fingerprint density at radius 2 is 1.90 bits per heavy atom. The third-order valence-corrected chi connectivity index (χ3v) is 3.07. The van der Waals surface area contributed by atoms with E-state index in [1.165, 1.54) is 5.56 Å². The van der Waals surface area contributed by atoms with Gasteiger partial charge in [0.15, 0.2) is 0 Å². The molecule has 0 saturated heterocycles. The normalized spacial score (nSPS) is 12.2. The molecule has 0 aromatic heterocycles. The van der Waals surface area contributed by atoms with Gasteiger partial charge < -0.3 is 15.8 Å². The molecular formula is C17H28N2O2. The Morgan fingerprint density at radius 1 is 1.24 bits per heavy atom. The second kappa shape index (κ2) is 9.40. The molecule has 0 heterocycles. The fourth-order valence-electron chi connectivity index (χ4n) is 1.81. The van der Waals surface area contributed by atoms with Crippen LogP contribution in [0.1, 0.15) is 39.2 Å². The first-order valence-corrected chi connectivity index (χ1v) is 7.71. The van der Waals surface area contributed by atoms with Gasteiger partial charge in [-0.2, -0.15) is 0 Å². The van der Waals surface area contributed by atoms with Gasteiger partial charge in [0.05, 0.1) is 6.61 Å². The zero-order valence-electron chi connectivity index (χ0n) is 13.4. The molecule has 0 fully saturated rings. The van der Waals surface area contributed by atoms with Crippen LogP contribution in [0.25, 0.3) is 0 Å². The average molecular weight is 292 g/mol. The molecule has 1 aromatic carbocycles. The largest absolute Gasteiger partial charge is 0.493 e. The lowest BCUT2D eigenvalue weighted by Crippen LogP contribution is -2.27. The van der Waals surface area contributed by atoms with E-state index in [0.29, 0.717) is 18.9 Å². The van der Waals surface area contributed by atoms with Gasteiger partial charge in [-0.1, -0.05) is 26.0 Å². The van der Waals surface area contributed by atoms with Crippen molar-refractivity contribution in [3.8, 4) is 5.75 Å². The molecule has 0 aliphatic heterocycles. The first kappa shape index (κ1) is 17.5. The molecule has 0 spiro atoms. The number of nitrogens with two attached hydrogens (primary N) is 1. The Morgan fingerprint density at radius 3 is 2.48 bits per heavy atom. The number of benzene rings is 1. The van der Waals surface area contributed by atoms with Crippen molar-refractivity contribution in [2.75, 3.05) is 13.2 Å². The van der Waals surface area contributed by atoms with Gasteiger partial charge in [-0.05, 0) is 43.4 Å². The Balaban J connectivity index is 2.25. The Bertz CT molecular complexity index is 413. The van der Waals surface area contributed by atoms with Gasteiger partial charge in [0.2, 0.25) is 5.91 Å². The number of ether oxygens (including phenoxy) is 1. The third kappa shape index (κ3) is 8.35. The van der Waals surface area contributed by atoms with Crippen molar-refractivity contribution in [3.05, 3.63) is 29.8 Å². The zero-order valence-corrected chi connectivity index (χ0v) is 13.4. The van der Waals surface area contributed by atoms with Crippen molar-refractivity contribution < 1.29 is 9.53 Å². The molecule has 4 nitrogen and oxygen atoms in total. The van der Waals surface area contributed by atoms with Crippen molar-refractivity contribution in [1.82, 2.24) is 5.32 Å². The highest BCUT2D eigenvalue weighted by molar-refractivity contribution is 5.75. The molecule has 3 N–H and O–H groups in total.